The van der Waals surface area contributed by atoms with Gasteiger partial charge in [0.1, 0.15) is 12.1 Å². The van der Waals surface area contributed by atoms with E-state index in [1.807, 2.05) is 0 Å². The first-order valence-electron chi connectivity index (χ1n) is 5.46. The van der Waals surface area contributed by atoms with Crippen LogP contribution >= 0.6 is 15.9 Å². The molecule has 2 aliphatic heterocycles. The second-order valence-electron chi connectivity index (χ2n) is 4.35. The Morgan fingerprint density at radius 2 is 2.19 bits per heavy atom. The molecule has 0 spiro atoms. The summed E-state index contributed by atoms with van der Waals surface area (Å²) in [5.41, 5.74) is 0. The van der Waals surface area contributed by atoms with E-state index in [0.717, 1.165) is 23.9 Å². The highest BCUT2D eigenvalue weighted by atomic mass is 79.9. The van der Waals surface area contributed by atoms with Gasteiger partial charge in [0.05, 0.1) is 6.54 Å². The molecule has 16 heavy (non-hydrogen) atoms. The number of carbonyl (C=O) groups is 2. The van der Waals surface area contributed by atoms with Crippen molar-refractivity contribution >= 4 is 27.7 Å². The summed E-state index contributed by atoms with van der Waals surface area (Å²) < 4.78 is 0.729. The molecule has 0 aromatic rings. The predicted octanol–water partition coefficient (Wildman–Crippen LogP) is 1.12. The maximum atomic E-state index is 12.2. The number of amides is 2. The minimum atomic E-state index is -0.365. The lowest BCUT2D eigenvalue weighted by molar-refractivity contribution is -0.157. The number of piperazine rings is 1. The summed E-state index contributed by atoms with van der Waals surface area (Å²) in [4.78, 5) is 27.5. The van der Waals surface area contributed by atoms with Crippen molar-refractivity contribution in [1.29, 1.82) is 0 Å². The zero-order valence-corrected chi connectivity index (χ0v) is 10.9. The topological polar surface area (TPSA) is 40.6 Å². The summed E-state index contributed by atoms with van der Waals surface area (Å²) in [6, 6.07) is -0.591. The second-order valence-corrected chi connectivity index (χ2v) is 5.47. The Labute approximate surface area is 103 Å². The summed E-state index contributed by atoms with van der Waals surface area (Å²) in [5.74, 6) is 0.126. The van der Waals surface area contributed by atoms with Crippen LogP contribution in [0.25, 0.3) is 0 Å². The third kappa shape index (κ3) is 1.77. The number of carbonyl (C=O) groups excluding carboxylic acids is 2. The minimum Gasteiger partial charge on any atom is -0.329 e. The highest BCUT2D eigenvalue weighted by molar-refractivity contribution is 9.11. The first kappa shape index (κ1) is 11.6. The first-order valence-corrected chi connectivity index (χ1v) is 6.26. The van der Waals surface area contributed by atoms with Gasteiger partial charge in [-0.15, -0.1) is 0 Å². The summed E-state index contributed by atoms with van der Waals surface area (Å²) in [6.45, 7) is 6.65. The van der Waals surface area contributed by atoms with Gasteiger partial charge in [0.15, 0.2) is 0 Å². The Morgan fingerprint density at radius 1 is 1.50 bits per heavy atom. The van der Waals surface area contributed by atoms with Gasteiger partial charge in [-0.1, -0.05) is 22.5 Å². The van der Waals surface area contributed by atoms with E-state index in [9.17, 15) is 9.59 Å². The number of rotatable bonds is 2. The maximum absolute atomic E-state index is 12.2. The molecule has 0 aromatic heterocycles. The minimum absolute atomic E-state index is 0.0604. The third-order valence-corrected chi connectivity index (χ3v) is 3.52. The Morgan fingerprint density at radius 3 is 2.81 bits per heavy atom. The van der Waals surface area contributed by atoms with Crippen LogP contribution in [0.15, 0.2) is 11.1 Å². The average molecular weight is 287 g/mol. The smallest absolute Gasteiger partial charge is 0.246 e. The summed E-state index contributed by atoms with van der Waals surface area (Å²) in [7, 11) is 0. The van der Waals surface area contributed by atoms with E-state index in [1.165, 1.54) is 0 Å². The molecule has 0 aliphatic carbocycles. The standard InChI is InChI=1S/C11H15BrN2O2/c1-7(12)6-14-8(2)10(15)13-5-3-4-9(13)11(14)16/h8-9H,1,3-6H2,2H3. The van der Waals surface area contributed by atoms with E-state index in [2.05, 4.69) is 22.5 Å². The van der Waals surface area contributed by atoms with Gasteiger partial charge in [-0.2, -0.15) is 0 Å². The SMILES string of the molecule is C=C(Br)CN1C(=O)C2CCCN2C(=O)C1C. The highest BCUT2D eigenvalue weighted by Crippen LogP contribution is 2.27. The van der Waals surface area contributed by atoms with Crippen molar-refractivity contribution in [2.45, 2.75) is 31.8 Å². The summed E-state index contributed by atoms with van der Waals surface area (Å²) in [5, 5.41) is 0. The van der Waals surface area contributed by atoms with Crippen LogP contribution in [0.4, 0.5) is 0 Å². The summed E-state index contributed by atoms with van der Waals surface area (Å²) in [6.07, 6.45) is 1.72. The molecule has 2 unspecified atom stereocenters. The van der Waals surface area contributed by atoms with Crippen molar-refractivity contribution in [3.05, 3.63) is 11.1 Å². The molecule has 5 heteroatoms. The van der Waals surface area contributed by atoms with Gasteiger partial charge in [0, 0.05) is 11.0 Å². The largest absolute Gasteiger partial charge is 0.329 e. The second kappa shape index (κ2) is 4.20. The predicted molar refractivity (Wildman–Crippen MR) is 64.0 cm³/mol. The number of halogens is 1. The van der Waals surface area contributed by atoms with Gasteiger partial charge >= 0.3 is 0 Å². The van der Waals surface area contributed by atoms with E-state index in [4.69, 9.17) is 0 Å². The van der Waals surface area contributed by atoms with Gasteiger partial charge in [-0.05, 0) is 19.8 Å². The van der Waals surface area contributed by atoms with Crippen LogP contribution in [0.2, 0.25) is 0 Å². The third-order valence-electron chi connectivity index (χ3n) is 3.27. The van der Waals surface area contributed by atoms with Gasteiger partial charge < -0.3 is 9.80 Å². The molecule has 2 fully saturated rings. The van der Waals surface area contributed by atoms with Crippen molar-refractivity contribution in [2.24, 2.45) is 0 Å². The Balaban J connectivity index is 2.23. The molecule has 0 radical (unpaired) electrons. The molecule has 0 N–H and O–H groups in total. The Kier molecular flexibility index (Phi) is 3.06. The van der Waals surface area contributed by atoms with Gasteiger partial charge in [0.25, 0.3) is 0 Å². The lowest BCUT2D eigenvalue weighted by Gasteiger charge is -2.40. The normalized spacial score (nSPS) is 29.6. The quantitative estimate of drug-likeness (QED) is 0.763. The Hall–Kier alpha value is -0.840. The van der Waals surface area contributed by atoms with Gasteiger partial charge in [0.2, 0.25) is 11.8 Å². The van der Waals surface area contributed by atoms with Crippen molar-refractivity contribution in [3.63, 3.8) is 0 Å². The van der Waals surface area contributed by atoms with Crippen molar-refractivity contribution in [2.75, 3.05) is 13.1 Å². The molecule has 88 valence electrons. The van der Waals surface area contributed by atoms with Crippen LogP contribution in [-0.2, 0) is 9.59 Å². The van der Waals surface area contributed by atoms with E-state index >= 15 is 0 Å². The van der Waals surface area contributed by atoms with Crippen LogP contribution in [0.3, 0.4) is 0 Å². The number of hydrogen-bond donors (Lipinski definition) is 0. The molecule has 0 saturated carbocycles. The Bertz CT molecular complexity index is 356. The molecular weight excluding hydrogens is 272 g/mol. The highest BCUT2D eigenvalue weighted by Gasteiger charge is 2.45. The van der Waals surface area contributed by atoms with E-state index in [1.54, 1.807) is 16.7 Å². The van der Waals surface area contributed by atoms with E-state index < -0.39 is 0 Å². The molecule has 0 bridgehead atoms. The van der Waals surface area contributed by atoms with Crippen LogP contribution < -0.4 is 0 Å². The van der Waals surface area contributed by atoms with Crippen LogP contribution in [-0.4, -0.2) is 46.8 Å². The zero-order chi connectivity index (χ0) is 11.9. The van der Waals surface area contributed by atoms with Crippen LogP contribution in [0, 0.1) is 0 Å². The molecule has 2 amide bonds. The number of fused-ring (bicyclic) bond motifs is 1. The molecule has 0 aromatic carbocycles. The fourth-order valence-electron chi connectivity index (χ4n) is 2.44. The zero-order valence-electron chi connectivity index (χ0n) is 9.28. The molecule has 2 rings (SSSR count). The van der Waals surface area contributed by atoms with E-state index in [0.29, 0.717) is 6.54 Å². The average Bonchev–Trinajstić information content (AvgIpc) is 2.70. The molecule has 4 nitrogen and oxygen atoms in total. The van der Waals surface area contributed by atoms with Gasteiger partial charge in [-0.3, -0.25) is 9.59 Å². The monoisotopic (exact) mass is 286 g/mol. The molecular formula is C11H15BrN2O2. The number of hydrogen-bond acceptors (Lipinski definition) is 2. The lowest BCUT2D eigenvalue weighted by atomic mass is 10.1. The molecule has 2 aliphatic rings. The van der Waals surface area contributed by atoms with Crippen LogP contribution in [0.5, 0.6) is 0 Å². The molecule has 2 atom stereocenters. The van der Waals surface area contributed by atoms with Crippen molar-refractivity contribution in [3.8, 4) is 0 Å². The van der Waals surface area contributed by atoms with Crippen molar-refractivity contribution in [1.82, 2.24) is 9.80 Å². The maximum Gasteiger partial charge on any atom is 0.246 e. The van der Waals surface area contributed by atoms with Crippen LogP contribution in [0.1, 0.15) is 19.8 Å². The summed E-state index contributed by atoms with van der Waals surface area (Å²) >= 11 is 3.24. The lowest BCUT2D eigenvalue weighted by Crippen LogP contribution is -2.61. The first-order chi connectivity index (χ1) is 7.52. The molecule has 2 saturated heterocycles. The fraction of sp³-hybridized carbons (Fsp3) is 0.636. The number of nitrogens with zero attached hydrogens (tertiary/aromatic N) is 2. The molecule has 2 heterocycles. The van der Waals surface area contributed by atoms with Crippen molar-refractivity contribution < 1.29 is 9.59 Å². The van der Waals surface area contributed by atoms with E-state index in [-0.39, 0.29) is 23.9 Å². The fourth-order valence-corrected chi connectivity index (χ4v) is 2.71. The van der Waals surface area contributed by atoms with Gasteiger partial charge in [-0.25, -0.2) is 0 Å².